The first-order valence-electron chi connectivity index (χ1n) is 6.34. The summed E-state index contributed by atoms with van der Waals surface area (Å²) >= 11 is 1.08. The van der Waals surface area contributed by atoms with E-state index in [2.05, 4.69) is 15.0 Å². The van der Waals surface area contributed by atoms with E-state index in [0.717, 1.165) is 36.3 Å². The third kappa shape index (κ3) is 2.56. The SMILES string of the molecule is Fc1cccnc1SNc1ccc(F)c2c1NCCC2. The van der Waals surface area contributed by atoms with E-state index >= 15 is 0 Å². The number of benzene rings is 1. The molecule has 0 saturated heterocycles. The average molecular weight is 293 g/mol. The van der Waals surface area contributed by atoms with Gasteiger partial charge in [-0.25, -0.2) is 13.8 Å². The molecule has 2 heterocycles. The van der Waals surface area contributed by atoms with Crippen LogP contribution in [0.5, 0.6) is 0 Å². The number of nitrogens with zero attached hydrogens (tertiary/aromatic N) is 1. The highest BCUT2D eigenvalue weighted by Gasteiger charge is 2.17. The Bertz CT molecular complexity index is 634. The number of aromatic nitrogens is 1. The molecule has 6 heteroatoms. The van der Waals surface area contributed by atoms with E-state index in [1.807, 2.05) is 0 Å². The smallest absolute Gasteiger partial charge is 0.157 e. The molecule has 0 bridgehead atoms. The van der Waals surface area contributed by atoms with Crippen molar-refractivity contribution in [2.75, 3.05) is 16.6 Å². The number of rotatable bonds is 3. The van der Waals surface area contributed by atoms with Gasteiger partial charge in [0.25, 0.3) is 0 Å². The van der Waals surface area contributed by atoms with Crippen LogP contribution in [0, 0.1) is 11.6 Å². The third-order valence-electron chi connectivity index (χ3n) is 3.14. The minimum absolute atomic E-state index is 0.202. The zero-order chi connectivity index (χ0) is 13.9. The Hall–Kier alpha value is -1.82. The van der Waals surface area contributed by atoms with Gasteiger partial charge >= 0.3 is 0 Å². The van der Waals surface area contributed by atoms with Crippen molar-refractivity contribution in [2.45, 2.75) is 17.9 Å². The fourth-order valence-electron chi connectivity index (χ4n) is 2.18. The van der Waals surface area contributed by atoms with Crippen LogP contribution in [-0.2, 0) is 6.42 Å². The van der Waals surface area contributed by atoms with E-state index in [1.54, 1.807) is 12.1 Å². The maximum absolute atomic E-state index is 13.7. The summed E-state index contributed by atoms with van der Waals surface area (Å²) in [6.45, 7) is 0.813. The molecule has 0 amide bonds. The van der Waals surface area contributed by atoms with Gasteiger partial charge in [0.05, 0.1) is 11.4 Å². The summed E-state index contributed by atoms with van der Waals surface area (Å²) < 4.78 is 30.3. The van der Waals surface area contributed by atoms with Gasteiger partial charge in [0.15, 0.2) is 10.8 Å². The van der Waals surface area contributed by atoms with E-state index in [-0.39, 0.29) is 16.7 Å². The highest BCUT2D eigenvalue weighted by molar-refractivity contribution is 8.00. The molecule has 1 aromatic heterocycles. The molecule has 3 rings (SSSR count). The first-order chi connectivity index (χ1) is 9.75. The Kier molecular flexibility index (Phi) is 3.73. The third-order valence-corrected chi connectivity index (χ3v) is 3.96. The molecule has 2 aromatic rings. The lowest BCUT2D eigenvalue weighted by molar-refractivity contribution is 0.588. The molecule has 20 heavy (non-hydrogen) atoms. The topological polar surface area (TPSA) is 37.0 Å². The second-order valence-corrected chi connectivity index (χ2v) is 5.27. The molecule has 0 fully saturated rings. The lowest BCUT2D eigenvalue weighted by Crippen LogP contribution is -2.14. The van der Waals surface area contributed by atoms with Gasteiger partial charge in [-0.1, -0.05) is 0 Å². The average Bonchev–Trinajstić information content (AvgIpc) is 2.48. The second-order valence-electron chi connectivity index (χ2n) is 4.47. The van der Waals surface area contributed by atoms with Crippen molar-refractivity contribution in [2.24, 2.45) is 0 Å². The largest absolute Gasteiger partial charge is 0.383 e. The monoisotopic (exact) mass is 293 g/mol. The minimum atomic E-state index is -0.381. The lowest BCUT2D eigenvalue weighted by atomic mass is 10.0. The summed E-state index contributed by atoms with van der Waals surface area (Å²) in [4.78, 5) is 3.95. The number of hydrogen-bond donors (Lipinski definition) is 2. The molecular formula is C14H13F2N3S. The van der Waals surface area contributed by atoms with E-state index < -0.39 is 0 Å². The Morgan fingerprint density at radius 3 is 2.95 bits per heavy atom. The quantitative estimate of drug-likeness (QED) is 0.843. The second kappa shape index (κ2) is 5.66. The van der Waals surface area contributed by atoms with Gasteiger partial charge in [-0.2, -0.15) is 0 Å². The normalized spacial score (nSPS) is 13.5. The summed E-state index contributed by atoms with van der Waals surface area (Å²) in [6, 6.07) is 5.99. The minimum Gasteiger partial charge on any atom is -0.383 e. The Morgan fingerprint density at radius 1 is 1.20 bits per heavy atom. The molecule has 0 atom stereocenters. The number of nitrogens with one attached hydrogen (secondary N) is 2. The van der Waals surface area contributed by atoms with E-state index in [9.17, 15) is 8.78 Å². The predicted octanol–water partition coefficient (Wildman–Crippen LogP) is 3.84. The molecule has 1 aliphatic rings. The highest BCUT2D eigenvalue weighted by Crippen LogP contribution is 2.34. The predicted molar refractivity (Wildman–Crippen MR) is 76.9 cm³/mol. The van der Waals surface area contributed by atoms with Gasteiger partial charge < -0.3 is 10.0 Å². The Balaban J connectivity index is 1.83. The fourth-order valence-corrected chi connectivity index (χ4v) is 2.84. The van der Waals surface area contributed by atoms with Crippen molar-refractivity contribution < 1.29 is 8.78 Å². The van der Waals surface area contributed by atoms with Crippen LogP contribution in [0.25, 0.3) is 0 Å². The van der Waals surface area contributed by atoms with Crippen molar-refractivity contribution >= 4 is 23.3 Å². The fraction of sp³-hybridized carbons (Fsp3) is 0.214. The van der Waals surface area contributed by atoms with Crippen LogP contribution in [-0.4, -0.2) is 11.5 Å². The molecule has 0 radical (unpaired) electrons. The number of hydrogen-bond acceptors (Lipinski definition) is 4. The van der Waals surface area contributed by atoms with Gasteiger partial charge in [-0.3, -0.25) is 0 Å². The number of anilines is 2. The standard InChI is InChI=1S/C14H13F2N3S/c15-10-5-6-12(13-9(10)3-1-7-17-13)19-20-14-11(16)4-2-8-18-14/h2,4-6,8,17,19H,1,3,7H2. The van der Waals surface area contributed by atoms with Gasteiger partial charge in [-0.15, -0.1) is 0 Å². The molecule has 2 N–H and O–H groups in total. The Labute approximate surface area is 119 Å². The zero-order valence-corrected chi connectivity index (χ0v) is 11.4. The number of fused-ring (bicyclic) bond motifs is 1. The molecule has 104 valence electrons. The maximum Gasteiger partial charge on any atom is 0.157 e. The van der Waals surface area contributed by atoms with Crippen molar-refractivity contribution in [3.63, 3.8) is 0 Å². The van der Waals surface area contributed by atoms with Gasteiger partial charge in [0, 0.05) is 30.3 Å². The summed E-state index contributed by atoms with van der Waals surface area (Å²) in [5.74, 6) is -0.583. The number of pyridine rings is 1. The Morgan fingerprint density at radius 2 is 2.10 bits per heavy atom. The van der Waals surface area contributed by atoms with Crippen LogP contribution in [0.4, 0.5) is 20.2 Å². The molecule has 0 saturated carbocycles. The van der Waals surface area contributed by atoms with Crippen molar-refractivity contribution in [1.82, 2.24) is 4.98 Å². The first-order valence-corrected chi connectivity index (χ1v) is 7.16. The van der Waals surface area contributed by atoms with Crippen LogP contribution in [0.2, 0.25) is 0 Å². The van der Waals surface area contributed by atoms with Crippen LogP contribution >= 0.6 is 11.9 Å². The highest BCUT2D eigenvalue weighted by atomic mass is 32.2. The summed E-state index contributed by atoms with van der Waals surface area (Å²) in [7, 11) is 0. The molecule has 0 unspecified atom stereocenters. The molecule has 1 aliphatic heterocycles. The molecule has 1 aromatic carbocycles. The van der Waals surface area contributed by atoms with Crippen LogP contribution < -0.4 is 10.0 Å². The summed E-state index contributed by atoms with van der Waals surface area (Å²) in [5.41, 5.74) is 2.19. The summed E-state index contributed by atoms with van der Waals surface area (Å²) in [5, 5.41) is 3.46. The molecular weight excluding hydrogens is 280 g/mol. The van der Waals surface area contributed by atoms with Crippen LogP contribution in [0.1, 0.15) is 12.0 Å². The van der Waals surface area contributed by atoms with Crippen LogP contribution in [0.15, 0.2) is 35.5 Å². The van der Waals surface area contributed by atoms with Crippen molar-refractivity contribution in [3.05, 3.63) is 47.7 Å². The molecule has 0 spiro atoms. The van der Waals surface area contributed by atoms with Gasteiger partial charge in [0.1, 0.15) is 5.82 Å². The van der Waals surface area contributed by atoms with Crippen molar-refractivity contribution in [1.29, 1.82) is 0 Å². The van der Waals surface area contributed by atoms with E-state index in [0.29, 0.717) is 12.0 Å². The maximum atomic E-state index is 13.7. The molecule has 3 nitrogen and oxygen atoms in total. The lowest BCUT2D eigenvalue weighted by Gasteiger charge is -2.22. The van der Waals surface area contributed by atoms with Gasteiger partial charge in [0.2, 0.25) is 0 Å². The van der Waals surface area contributed by atoms with Crippen LogP contribution in [0.3, 0.4) is 0 Å². The van der Waals surface area contributed by atoms with E-state index in [4.69, 9.17) is 0 Å². The first kappa shape index (κ1) is 13.2. The van der Waals surface area contributed by atoms with Crippen molar-refractivity contribution in [3.8, 4) is 0 Å². The zero-order valence-electron chi connectivity index (χ0n) is 10.6. The summed E-state index contributed by atoms with van der Waals surface area (Å²) in [6.07, 6.45) is 3.16. The van der Waals surface area contributed by atoms with E-state index in [1.165, 1.54) is 18.3 Å². The van der Waals surface area contributed by atoms with Gasteiger partial charge in [-0.05, 0) is 37.1 Å². The molecule has 0 aliphatic carbocycles. The number of halogens is 2.